The fourth-order valence-electron chi connectivity index (χ4n) is 5.08. The normalized spacial score (nSPS) is 15.8. The number of rotatable bonds is 10. The van der Waals surface area contributed by atoms with Gasteiger partial charge < -0.3 is 15.1 Å². The van der Waals surface area contributed by atoms with Crippen LogP contribution in [0.5, 0.6) is 0 Å². The summed E-state index contributed by atoms with van der Waals surface area (Å²) < 4.78 is 1.72. The number of carbonyl (C=O) groups is 2. The molecule has 4 aromatic rings. The van der Waals surface area contributed by atoms with Gasteiger partial charge in [-0.15, -0.1) is 11.3 Å². The van der Waals surface area contributed by atoms with E-state index in [0.717, 1.165) is 35.6 Å². The van der Waals surface area contributed by atoms with Gasteiger partial charge in [0.25, 0.3) is 5.91 Å². The van der Waals surface area contributed by atoms with Crippen LogP contribution in [0.2, 0.25) is 0 Å². The third kappa shape index (κ3) is 5.44. The zero-order chi connectivity index (χ0) is 28.4. The number of nitrogens with zero attached hydrogens (tertiary/aromatic N) is 7. The first-order valence-electron chi connectivity index (χ1n) is 13.7. The molecule has 10 nitrogen and oxygen atoms in total. The molecule has 40 heavy (non-hydrogen) atoms. The number of carbonyl (C=O) groups excluding carboxylic acids is 2. The lowest BCUT2D eigenvalue weighted by molar-refractivity contribution is -0.131. The van der Waals surface area contributed by atoms with Gasteiger partial charge in [0.15, 0.2) is 5.65 Å². The zero-order valence-corrected chi connectivity index (χ0v) is 24.5. The van der Waals surface area contributed by atoms with Crippen LogP contribution in [0.3, 0.4) is 0 Å². The van der Waals surface area contributed by atoms with E-state index in [1.165, 1.54) is 0 Å². The number of hydrogen-bond acceptors (Lipinski definition) is 8. The maximum atomic E-state index is 13.5. The Morgan fingerprint density at radius 2 is 1.95 bits per heavy atom. The lowest BCUT2D eigenvalue weighted by atomic mass is 10.0. The van der Waals surface area contributed by atoms with Crippen molar-refractivity contribution in [2.75, 3.05) is 45.2 Å². The molecule has 0 aliphatic carbocycles. The lowest BCUT2D eigenvalue weighted by Gasteiger charge is -2.42. The van der Waals surface area contributed by atoms with Gasteiger partial charge in [-0.1, -0.05) is 19.9 Å². The van der Waals surface area contributed by atoms with Crippen molar-refractivity contribution in [3.05, 3.63) is 53.7 Å². The SMILES string of the molecule is CCN(CC)C(C)CNC(=O)c1cc(-c2cnn3ccc(-c4cccs4)nc23)nc(N2CC[C@H]2C(=O)N(C)C)c1. The minimum absolute atomic E-state index is 0.0238. The Morgan fingerprint density at radius 3 is 2.60 bits per heavy atom. The van der Waals surface area contributed by atoms with Gasteiger partial charge in [-0.05, 0) is 56.1 Å². The van der Waals surface area contributed by atoms with Crippen molar-refractivity contribution in [2.45, 2.75) is 39.3 Å². The van der Waals surface area contributed by atoms with Crippen LogP contribution in [-0.2, 0) is 4.79 Å². The molecule has 11 heteroatoms. The molecular weight excluding hydrogens is 524 g/mol. The van der Waals surface area contributed by atoms with E-state index < -0.39 is 0 Å². The number of pyridine rings is 1. The summed E-state index contributed by atoms with van der Waals surface area (Å²) in [5.41, 5.74) is 3.31. The van der Waals surface area contributed by atoms with Crippen molar-refractivity contribution in [3.8, 4) is 21.8 Å². The number of amides is 2. The Hall–Kier alpha value is -3.83. The van der Waals surface area contributed by atoms with Crippen molar-refractivity contribution in [2.24, 2.45) is 0 Å². The first-order chi connectivity index (χ1) is 19.3. The molecule has 1 saturated heterocycles. The molecule has 0 spiro atoms. The second kappa shape index (κ2) is 11.7. The lowest BCUT2D eigenvalue weighted by Crippen LogP contribution is -2.56. The van der Waals surface area contributed by atoms with E-state index in [0.29, 0.717) is 35.8 Å². The summed E-state index contributed by atoms with van der Waals surface area (Å²) in [5.74, 6) is 0.444. The maximum absolute atomic E-state index is 13.5. The topological polar surface area (TPSA) is 99.0 Å². The van der Waals surface area contributed by atoms with Crippen molar-refractivity contribution in [1.29, 1.82) is 0 Å². The average Bonchev–Trinajstić information content (AvgIpc) is 3.61. The fraction of sp³-hybridized carbons (Fsp3) is 0.414. The summed E-state index contributed by atoms with van der Waals surface area (Å²) in [6, 6.07) is 9.45. The van der Waals surface area contributed by atoms with E-state index in [2.05, 4.69) is 36.1 Å². The fourth-order valence-corrected chi connectivity index (χ4v) is 5.77. The molecule has 0 radical (unpaired) electrons. The summed E-state index contributed by atoms with van der Waals surface area (Å²) in [6.07, 6.45) is 4.36. The molecule has 1 aliphatic heterocycles. The Bertz CT molecular complexity index is 1500. The number of nitrogens with one attached hydrogen (secondary N) is 1. The molecule has 0 aromatic carbocycles. The number of thiophene rings is 1. The zero-order valence-electron chi connectivity index (χ0n) is 23.7. The molecule has 0 saturated carbocycles. The van der Waals surface area contributed by atoms with Gasteiger partial charge in [0.05, 0.1) is 28.0 Å². The van der Waals surface area contributed by atoms with Crippen LogP contribution in [0, 0.1) is 0 Å². The van der Waals surface area contributed by atoms with Gasteiger partial charge in [-0.25, -0.2) is 14.5 Å². The minimum Gasteiger partial charge on any atom is -0.350 e. The predicted molar refractivity (Wildman–Crippen MR) is 159 cm³/mol. The Kier molecular flexibility index (Phi) is 8.13. The highest BCUT2D eigenvalue weighted by atomic mass is 32.1. The number of hydrogen-bond donors (Lipinski definition) is 1. The van der Waals surface area contributed by atoms with Crippen molar-refractivity contribution in [1.82, 2.24) is 34.7 Å². The van der Waals surface area contributed by atoms with Gasteiger partial charge in [0, 0.05) is 45.0 Å². The van der Waals surface area contributed by atoms with E-state index in [9.17, 15) is 9.59 Å². The van der Waals surface area contributed by atoms with Gasteiger partial charge in [0.1, 0.15) is 11.9 Å². The number of anilines is 1. The van der Waals surface area contributed by atoms with Crippen LogP contribution in [0.4, 0.5) is 5.82 Å². The summed E-state index contributed by atoms with van der Waals surface area (Å²) in [4.78, 5) is 43.0. The Balaban J connectivity index is 1.53. The smallest absolute Gasteiger partial charge is 0.251 e. The summed E-state index contributed by atoms with van der Waals surface area (Å²) in [5, 5.41) is 9.63. The average molecular weight is 561 g/mol. The molecular formula is C29H36N8O2S. The van der Waals surface area contributed by atoms with Crippen LogP contribution in [0.1, 0.15) is 37.6 Å². The number of fused-ring (bicyclic) bond motifs is 1. The Labute approximate surface area is 238 Å². The van der Waals surface area contributed by atoms with E-state index in [4.69, 9.17) is 9.97 Å². The molecule has 1 unspecified atom stereocenters. The summed E-state index contributed by atoms with van der Waals surface area (Å²) in [7, 11) is 3.52. The maximum Gasteiger partial charge on any atom is 0.251 e. The number of likely N-dealkylation sites (N-methyl/N-ethyl adjacent to an activating group) is 2. The van der Waals surface area contributed by atoms with E-state index >= 15 is 0 Å². The summed E-state index contributed by atoms with van der Waals surface area (Å²) in [6.45, 7) is 9.42. The van der Waals surface area contributed by atoms with Crippen molar-refractivity contribution < 1.29 is 9.59 Å². The predicted octanol–water partition coefficient (Wildman–Crippen LogP) is 3.65. The van der Waals surface area contributed by atoms with Crippen molar-refractivity contribution in [3.63, 3.8) is 0 Å². The first kappa shape index (κ1) is 27.7. The van der Waals surface area contributed by atoms with E-state index in [-0.39, 0.29) is 23.9 Å². The molecule has 5 rings (SSSR count). The Morgan fingerprint density at radius 1 is 1.15 bits per heavy atom. The summed E-state index contributed by atoms with van der Waals surface area (Å²) >= 11 is 1.62. The molecule has 210 valence electrons. The molecule has 2 amide bonds. The second-order valence-corrected chi connectivity index (χ2v) is 11.2. The third-order valence-corrected chi connectivity index (χ3v) is 8.42. The van der Waals surface area contributed by atoms with Gasteiger partial charge in [-0.3, -0.25) is 14.5 Å². The molecule has 5 heterocycles. The minimum atomic E-state index is -0.302. The molecule has 1 N–H and O–H groups in total. The van der Waals surface area contributed by atoms with E-state index in [1.807, 2.05) is 34.7 Å². The van der Waals surface area contributed by atoms with E-state index in [1.54, 1.807) is 53.2 Å². The van der Waals surface area contributed by atoms with Gasteiger partial charge in [0.2, 0.25) is 5.91 Å². The van der Waals surface area contributed by atoms with Gasteiger partial charge >= 0.3 is 0 Å². The molecule has 1 aliphatic rings. The quantitative estimate of drug-likeness (QED) is 0.316. The van der Waals surface area contributed by atoms with Crippen LogP contribution in [-0.4, -0.2) is 93.6 Å². The molecule has 0 bridgehead atoms. The highest BCUT2D eigenvalue weighted by molar-refractivity contribution is 7.13. The second-order valence-electron chi connectivity index (χ2n) is 10.2. The van der Waals surface area contributed by atoms with Crippen LogP contribution in [0.25, 0.3) is 27.5 Å². The molecule has 2 atom stereocenters. The molecule has 4 aromatic heterocycles. The van der Waals surface area contributed by atoms with Crippen LogP contribution < -0.4 is 10.2 Å². The van der Waals surface area contributed by atoms with Crippen LogP contribution in [0.15, 0.2) is 48.1 Å². The first-order valence-corrected chi connectivity index (χ1v) is 14.6. The standard InChI is InChI=1S/C29H36N8O2S/c1-6-35(7-2)19(3)17-30-28(38)20-15-23(32-26(16-20)36-12-11-24(36)29(39)34(4)5)21-18-31-37-13-10-22(33-27(21)37)25-9-8-14-40-25/h8-10,13-16,18-19,24H,6-7,11-12,17H2,1-5H3,(H,30,38)/t19?,24-/m0/s1. The van der Waals surface area contributed by atoms with Gasteiger partial charge in [-0.2, -0.15) is 5.10 Å². The van der Waals surface area contributed by atoms with Crippen molar-refractivity contribution >= 4 is 34.6 Å². The highest BCUT2D eigenvalue weighted by Crippen LogP contribution is 2.32. The van der Waals surface area contributed by atoms with Crippen LogP contribution >= 0.6 is 11.3 Å². The highest BCUT2D eigenvalue weighted by Gasteiger charge is 2.36. The largest absolute Gasteiger partial charge is 0.350 e. The molecule has 1 fully saturated rings. The number of aromatic nitrogens is 4. The monoisotopic (exact) mass is 560 g/mol. The third-order valence-electron chi connectivity index (χ3n) is 7.53.